The van der Waals surface area contributed by atoms with E-state index in [2.05, 4.69) is 45.3 Å². The molecule has 1 nitrogen and oxygen atoms in total. The first kappa shape index (κ1) is 23.7. The molecule has 0 saturated heterocycles. The van der Waals surface area contributed by atoms with Crippen molar-refractivity contribution in [3.05, 3.63) is 22.9 Å². The van der Waals surface area contributed by atoms with E-state index in [1.807, 2.05) is 0 Å². The predicted octanol–water partition coefficient (Wildman–Crippen LogP) is 7.82. The minimum Gasteiger partial charge on any atom is -0.392 e. The van der Waals surface area contributed by atoms with E-state index < -0.39 is 8.07 Å². The number of aliphatic hydroxyl groups is 1. The lowest BCUT2D eigenvalue weighted by Crippen LogP contribution is -2.20. The number of rotatable bonds is 13. The quantitative estimate of drug-likeness (QED) is 0.256. The van der Waals surface area contributed by atoms with Crippen molar-refractivity contribution in [2.75, 3.05) is 0 Å². The molecule has 0 unspecified atom stereocenters. The van der Waals surface area contributed by atoms with E-state index >= 15 is 0 Å². The van der Waals surface area contributed by atoms with Gasteiger partial charge >= 0.3 is 0 Å². The Labute approximate surface area is 165 Å². The number of unbranched alkanes of at least 4 members (excludes halogenated alkanes) is 8. The van der Waals surface area contributed by atoms with Crippen LogP contribution in [-0.4, -0.2) is 19.3 Å². The first-order chi connectivity index (χ1) is 12.4. The molecular formula is C24H46OSi. The molecule has 0 aromatic carbocycles. The highest BCUT2D eigenvalue weighted by atomic mass is 28.3. The molecule has 0 radical (unpaired) electrons. The third-order valence-corrected chi connectivity index (χ3v) is 6.81. The van der Waals surface area contributed by atoms with E-state index in [1.54, 1.807) is 5.57 Å². The van der Waals surface area contributed by atoms with Crippen LogP contribution in [0.15, 0.2) is 22.9 Å². The highest BCUT2D eigenvalue weighted by Crippen LogP contribution is 2.40. The zero-order valence-corrected chi connectivity index (χ0v) is 19.4. The Balaban J connectivity index is 2.64. The first-order valence-corrected chi connectivity index (χ1v) is 15.1. The zero-order chi connectivity index (χ0) is 19.4. The maximum Gasteiger partial charge on any atom is 0.0690 e. The Kier molecular flexibility index (Phi) is 11.8. The molecule has 2 heteroatoms. The Bertz CT molecular complexity index is 430. The SMILES string of the molecule is CCCCC/C=C1/C(=C/[Si](C)(C)C)CC[C@H]1[C@@H](O)CCCCCCCC. The molecule has 0 aliphatic heterocycles. The van der Waals surface area contributed by atoms with Crippen molar-refractivity contribution in [2.24, 2.45) is 5.92 Å². The van der Waals surface area contributed by atoms with E-state index in [9.17, 15) is 5.11 Å². The highest BCUT2D eigenvalue weighted by molar-refractivity contribution is 6.81. The van der Waals surface area contributed by atoms with Gasteiger partial charge in [0.05, 0.1) is 14.2 Å². The number of allylic oxidation sites excluding steroid dienone is 2. The summed E-state index contributed by atoms with van der Waals surface area (Å²) in [4.78, 5) is 0. The summed E-state index contributed by atoms with van der Waals surface area (Å²) in [6.07, 6.45) is 18.6. The molecule has 1 N–H and O–H groups in total. The van der Waals surface area contributed by atoms with Gasteiger partial charge in [-0.05, 0) is 37.7 Å². The normalized spacial score (nSPS) is 22.5. The second-order valence-electron chi connectivity index (χ2n) is 9.46. The molecule has 1 aliphatic rings. The monoisotopic (exact) mass is 378 g/mol. The molecule has 0 heterocycles. The minimum atomic E-state index is -1.21. The standard InChI is InChI=1S/C24H46OSi/c1-6-8-10-12-13-15-17-24(25)23-19-18-21(20-26(3,4)5)22(23)16-14-11-9-7-2/h16,20,23-25H,6-15,17-19H2,1-5H3/b21-20+,22-16-/t23-,24+/m1/s1. The van der Waals surface area contributed by atoms with Gasteiger partial charge in [0, 0.05) is 5.92 Å². The summed E-state index contributed by atoms with van der Waals surface area (Å²) in [7, 11) is -1.21. The summed E-state index contributed by atoms with van der Waals surface area (Å²) >= 11 is 0. The minimum absolute atomic E-state index is 0.133. The predicted molar refractivity (Wildman–Crippen MR) is 120 cm³/mol. The second-order valence-corrected chi connectivity index (χ2v) is 14.5. The van der Waals surface area contributed by atoms with E-state index in [4.69, 9.17) is 0 Å². The molecule has 152 valence electrons. The molecular weight excluding hydrogens is 332 g/mol. The maximum atomic E-state index is 10.9. The van der Waals surface area contributed by atoms with Gasteiger partial charge in [-0.1, -0.05) is 102 Å². The number of aliphatic hydroxyl groups excluding tert-OH is 1. The Morgan fingerprint density at radius 1 is 0.962 bits per heavy atom. The van der Waals surface area contributed by atoms with E-state index in [1.165, 1.54) is 76.2 Å². The average Bonchev–Trinajstić information content (AvgIpc) is 2.95. The van der Waals surface area contributed by atoms with E-state index in [0.29, 0.717) is 5.92 Å². The average molecular weight is 379 g/mol. The lowest BCUT2D eigenvalue weighted by Gasteiger charge is -2.21. The molecule has 26 heavy (non-hydrogen) atoms. The largest absolute Gasteiger partial charge is 0.392 e. The van der Waals surface area contributed by atoms with Crippen LogP contribution < -0.4 is 0 Å². The van der Waals surface area contributed by atoms with Gasteiger partial charge in [-0.2, -0.15) is 0 Å². The van der Waals surface area contributed by atoms with Gasteiger partial charge in [-0.25, -0.2) is 0 Å². The van der Waals surface area contributed by atoms with Gasteiger partial charge < -0.3 is 5.11 Å². The molecule has 1 saturated carbocycles. The van der Waals surface area contributed by atoms with Crippen LogP contribution in [0.25, 0.3) is 0 Å². The summed E-state index contributed by atoms with van der Waals surface area (Å²) in [6.45, 7) is 11.8. The van der Waals surface area contributed by atoms with Crippen molar-refractivity contribution < 1.29 is 5.11 Å². The molecule has 0 aromatic rings. The molecule has 0 amide bonds. The van der Waals surface area contributed by atoms with E-state index in [0.717, 1.165) is 12.8 Å². The molecule has 1 rings (SSSR count). The van der Waals surface area contributed by atoms with Gasteiger partial charge in [-0.15, -0.1) is 0 Å². The van der Waals surface area contributed by atoms with Gasteiger partial charge in [0.25, 0.3) is 0 Å². The number of hydrogen-bond donors (Lipinski definition) is 1. The van der Waals surface area contributed by atoms with Crippen LogP contribution >= 0.6 is 0 Å². The summed E-state index contributed by atoms with van der Waals surface area (Å²) in [5.74, 6) is 0.398. The van der Waals surface area contributed by atoms with Gasteiger partial charge in [0.2, 0.25) is 0 Å². The Morgan fingerprint density at radius 2 is 1.58 bits per heavy atom. The van der Waals surface area contributed by atoms with Crippen molar-refractivity contribution >= 4 is 8.07 Å². The zero-order valence-electron chi connectivity index (χ0n) is 18.4. The van der Waals surface area contributed by atoms with Crippen LogP contribution in [0.1, 0.15) is 97.3 Å². The van der Waals surface area contributed by atoms with Crippen LogP contribution in [0.2, 0.25) is 19.6 Å². The Hall–Kier alpha value is -0.343. The van der Waals surface area contributed by atoms with Gasteiger partial charge in [0.1, 0.15) is 0 Å². The molecule has 0 spiro atoms. The maximum absolute atomic E-state index is 10.9. The topological polar surface area (TPSA) is 20.2 Å². The first-order valence-electron chi connectivity index (χ1n) is 11.5. The molecule has 1 aliphatic carbocycles. The van der Waals surface area contributed by atoms with Crippen molar-refractivity contribution in [2.45, 2.75) is 123 Å². The van der Waals surface area contributed by atoms with Crippen molar-refractivity contribution in [1.82, 2.24) is 0 Å². The third-order valence-electron chi connectivity index (χ3n) is 5.59. The van der Waals surface area contributed by atoms with Gasteiger partial charge in [0.15, 0.2) is 0 Å². The summed E-state index contributed by atoms with van der Waals surface area (Å²) < 4.78 is 0. The van der Waals surface area contributed by atoms with Gasteiger partial charge in [-0.3, -0.25) is 0 Å². The molecule has 1 fully saturated rings. The van der Waals surface area contributed by atoms with Crippen LogP contribution in [0.5, 0.6) is 0 Å². The fourth-order valence-corrected chi connectivity index (χ4v) is 5.55. The van der Waals surface area contributed by atoms with Crippen molar-refractivity contribution in [1.29, 1.82) is 0 Å². The van der Waals surface area contributed by atoms with Crippen molar-refractivity contribution in [3.8, 4) is 0 Å². The lowest BCUT2D eigenvalue weighted by molar-refractivity contribution is 0.115. The highest BCUT2D eigenvalue weighted by Gasteiger charge is 2.31. The van der Waals surface area contributed by atoms with Crippen LogP contribution in [-0.2, 0) is 0 Å². The second kappa shape index (κ2) is 12.9. The fraction of sp³-hybridized carbons (Fsp3) is 0.833. The lowest BCUT2D eigenvalue weighted by atomic mass is 9.90. The molecule has 2 atom stereocenters. The summed E-state index contributed by atoms with van der Waals surface area (Å²) in [5, 5.41) is 10.9. The summed E-state index contributed by atoms with van der Waals surface area (Å²) in [6, 6.07) is 0. The van der Waals surface area contributed by atoms with Crippen LogP contribution in [0.3, 0.4) is 0 Å². The Morgan fingerprint density at radius 3 is 2.23 bits per heavy atom. The summed E-state index contributed by atoms with van der Waals surface area (Å²) in [5.41, 5.74) is 5.69. The molecule has 0 bridgehead atoms. The third kappa shape index (κ3) is 9.55. The van der Waals surface area contributed by atoms with Crippen LogP contribution in [0.4, 0.5) is 0 Å². The smallest absolute Gasteiger partial charge is 0.0690 e. The van der Waals surface area contributed by atoms with Crippen molar-refractivity contribution in [3.63, 3.8) is 0 Å². The van der Waals surface area contributed by atoms with E-state index in [-0.39, 0.29) is 6.10 Å². The van der Waals surface area contributed by atoms with Crippen LogP contribution in [0, 0.1) is 5.92 Å². The number of hydrogen-bond acceptors (Lipinski definition) is 1. The molecule has 0 aromatic heterocycles. The fourth-order valence-electron chi connectivity index (χ4n) is 4.20.